The first kappa shape index (κ1) is 24.2. The molecule has 1 aliphatic rings. The molecule has 27 heavy (non-hydrogen) atoms. The SMILES string of the molecule is CN=C(NCC(C)(C)CCS(C)(=O)=O)N1CCC(Cc2ccccc2)C1.I. The van der Waals surface area contributed by atoms with Gasteiger partial charge in [0.25, 0.3) is 0 Å². The van der Waals surface area contributed by atoms with Crippen molar-refractivity contribution in [3.05, 3.63) is 35.9 Å². The van der Waals surface area contributed by atoms with Crippen molar-refractivity contribution in [3.63, 3.8) is 0 Å². The van der Waals surface area contributed by atoms with Gasteiger partial charge in [0.2, 0.25) is 0 Å². The lowest BCUT2D eigenvalue weighted by molar-refractivity contribution is 0.340. The summed E-state index contributed by atoms with van der Waals surface area (Å²) in [6.07, 6.45) is 4.22. The van der Waals surface area contributed by atoms with Crippen LogP contribution in [-0.2, 0) is 16.3 Å². The van der Waals surface area contributed by atoms with E-state index in [2.05, 4.69) is 59.4 Å². The number of guanidine groups is 1. The number of sulfone groups is 1. The molecule has 1 aromatic carbocycles. The van der Waals surface area contributed by atoms with Crippen LogP contribution in [0.1, 0.15) is 32.3 Å². The molecule has 0 amide bonds. The van der Waals surface area contributed by atoms with E-state index in [0.717, 1.165) is 32.0 Å². The molecule has 1 aromatic rings. The first-order chi connectivity index (χ1) is 12.2. The van der Waals surface area contributed by atoms with Crippen molar-refractivity contribution < 1.29 is 8.42 Å². The highest BCUT2D eigenvalue weighted by Crippen LogP contribution is 2.22. The lowest BCUT2D eigenvalue weighted by atomic mass is 9.90. The van der Waals surface area contributed by atoms with Crippen LogP contribution in [0, 0.1) is 11.3 Å². The van der Waals surface area contributed by atoms with Gasteiger partial charge in [0, 0.05) is 32.9 Å². The molecular formula is C20H34IN3O2S. The van der Waals surface area contributed by atoms with Crippen molar-refractivity contribution >= 4 is 39.8 Å². The molecule has 7 heteroatoms. The third-order valence-corrected chi connectivity index (χ3v) is 5.98. The summed E-state index contributed by atoms with van der Waals surface area (Å²) in [5.74, 6) is 1.80. The third-order valence-electron chi connectivity index (χ3n) is 5.04. The fourth-order valence-electron chi connectivity index (χ4n) is 3.34. The van der Waals surface area contributed by atoms with Gasteiger partial charge in [-0.3, -0.25) is 4.99 Å². The summed E-state index contributed by atoms with van der Waals surface area (Å²) in [5.41, 5.74) is 1.30. The van der Waals surface area contributed by atoms with Gasteiger partial charge in [-0.05, 0) is 36.2 Å². The maximum Gasteiger partial charge on any atom is 0.193 e. The van der Waals surface area contributed by atoms with E-state index in [1.54, 1.807) is 0 Å². The van der Waals surface area contributed by atoms with Crippen LogP contribution >= 0.6 is 24.0 Å². The Balaban J connectivity index is 0.00000364. The first-order valence-corrected chi connectivity index (χ1v) is 11.4. The van der Waals surface area contributed by atoms with Gasteiger partial charge >= 0.3 is 0 Å². The Bertz CT molecular complexity index is 705. The number of benzene rings is 1. The second-order valence-corrected chi connectivity index (χ2v) is 10.5. The Morgan fingerprint density at radius 3 is 2.56 bits per heavy atom. The number of hydrogen-bond acceptors (Lipinski definition) is 3. The fourth-order valence-corrected chi connectivity index (χ4v) is 4.26. The standard InChI is InChI=1S/C20H33N3O2S.HI/c1-20(2,11-13-26(4,24)25)16-22-19(21-3)23-12-10-18(15-23)14-17-8-6-5-7-9-17;/h5-9,18H,10-16H2,1-4H3,(H,21,22);1H. The van der Waals surface area contributed by atoms with Crippen LogP contribution in [-0.4, -0.2) is 58.0 Å². The van der Waals surface area contributed by atoms with Gasteiger partial charge in [-0.1, -0.05) is 44.2 Å². The average molecular weight is 507 g/mol. The second kappa shape index (κ2) is 10.6. The molecule has 1 atom stereocenters. The molecule has 1 saturated heterocycles. The Kier molecular flexibility index (Phi) is 9.54. The van der Waals surface area contributed by atoms with Crippen molar-refractivity contribution in [2.24, 2.45) is 16.3 Å². The lowest BCUT2D eigenvalue weighted by Gasteiger charge is -2.28. The maximum atomic E-state index is 11.4. The third kappa shape index (κ3) is 8.81. The highest BCUT2D eigenvalue weighted by Gasteiger charge is 2.26. The van der Waals surface area contributed by atoms with Crippen molar-refractivity contribution in [1.29, 1.82) is 0 Å². The zero-order valence-electron chi connectivity index (χ0n) is 16.9. The minimum absolute atomic E-state index is 0. The monoisotopic (exact) mass is 507 g/mol. The number of rotatable bonds is 7. The molecule has 154 valence electrons. The van der Waals surface area contributed by atoms with Crippen molar-refractivity contribution in [2.75, 3.05) is 38.7 Å². The largest absolute Gasteiger partial charge is 0.356 e. The quantitative estimate of drug-likeness (QED) is 0.350. The maximum absolute atomic E-state index is 11.4. The minimum atomic E-state index is -2.92. The molecule has 0 bridgehead atoms. The summed E-state index contributed by atoms with van der Waals surface area (Å²) in [4.78, 5) is 6.76. The van der Waals surface area contributed by atoms with Crippen LogP contribution in [0.3, 0.4) is 0 Å². The van der Waals surface area contributed by atoms with E-state index in [-0.39, 0.29) is 35.1 Å². The van der Waals surface area contributed by atoms with Crippen LogP contribution in [0.4, 0.5) is 0 Å². The molecule has 5 nitrogen and oxygen atoms in total. The molecule has 0 aromatic heterocycles. The molecule has 1 heterocycles. The molecule has 0 aliphatic carbocycles. The Hall–Kier alpha value is -0.830. The van der Waals surface area contributed by atoms with Gasteiger partial charge in [0.1, 0.15) is 9.84 Å². The van der Waals surface area contributed by atoms with E-state index in [0.29, 0.717) is 12.3 Å². The number of halogens is 1. The second-order valence-electron chi connectivity index (χ2n) is 8.24. The zero-order chi connectivity index (χ0) is 19.2. The molecule has 1 N–H and O–H groups in total. The molecular weight excluding hydrogens is 473 g/mol. The molecule has 0 radical (unpaired) electrons. The van der Waals surface area contributed by atoms with Crippen LogP contribution in [0.2, 0.25) is 0 Å². The van der Waals surface area contributed by atoms with Gasteiger partial charge in [0.15, 0.2) is 5.96 Å². The molecule has 1 aliphatic heterocycles. The van der Waals surface area contributed by atoms with Gasteiger partial charge in [-0.25, -0.2) is 8.42 Å². The van der Waals surface area contributed by atoms with Crippen LogP contribution in [0.15, 0.2) is 35.3 Å². The Morgan fingerprint density at radius 2 is 1.96 bits per heavy atom. The summed E-state index contributed by atoms with van der Waals surface area (Å²) < 4.78 is 22.8. The number of nitrogens with zero attached hydrogens (tertiary/aromatic N) is 2. The number of nitrogens with one attached hydrogen (secondary N) is 1. The van der Waals surface area contributed by atoms with E-state index in [9.17, 15) is 8.42 Å². The number of likely N-dealkylation sites (tertiary alicyclic amines) is 1. The van der Waals surface area contributed by atoms with Gasteiger partial charge < -0.3 is 10.2 Å². The molecule has 1 fully saturated rings. The van der Waals surface area contributed by atoms with Gasteiger partial charge in [0.05, 0.1) is 5.75 Å². The first-order valence-electron chi connectivity index (χ1n) is 9.36. The highest BCUT2D eigenvalue weighted by molar-refractivity contribution is 14.0. The topological polar surface area (TPSA) is 61.8 Å². The van der Waals surface area contributed by atoms with Crippen molar-refractivity contribution in [3.8, 4) is 0 Å². The van der Waals surface area contributed by atoms with E-state index in [1.807, 2.05) is 7.05 Å². The highest BCUT2D eigenvalue weighted by atomic mass is 127. The fraction of sp³-hybridized carbons (Fsp3) is 0.650. The number of hydrogen-bond donors (Lipinski definition) is 1. The van der Waals surface area contributed by atoms with Crippen molar-refractivity contribution in [2.45, 2.75) is 33.1 Å². The summed E-state index contributed by atoms with van der Waals surface area (Å²) in [7, 11) is -1.11. The summed E-state index contributed by atoms with van der Waals surface area (Å²) >= 11 is 0. The van der Waals surface area contributed by atoms with Crippen LogP contribution < -0.4 is 5.32 Å². The van der Waals surface area contributed by atoms with Crippen molar-refractivity contribution in [1.82, 2.24) is 10.2 Å². The lowest BCUT2D eigenvalue weighted by Crippen LogP contribution is -2.44. The van der Waals surface area contributed by atoms with Gasteiger partial charge in [-0.2, -0.15) is 0 Å². The van der Waals surface area contributed by atoms with E-state index < -0.39 is 9.84 Å². The molecule has 1 unspecified atom stereocenters. The smallest absolute Gasteiger partial charge is 0.193 e. The Labute approximate surface area is 182 Å². The predicted octanol–water partition coefficient (Wildman–Crippen LogP) is 3.21. The zero-order valence-corrected chi connectivity index (χ0v) is 20.1. The molecule has 0 spiro atoms. The predicted molar refractivity (Wildman–Crippen MR) is 125 cm³/mol. The molecule has 0 saturated carbocycles. The van der Waals surface area contributed by atoms with Crippen LogP contribution in [0.5, 0.6) is 0 Å². The van der Waals surface area contributed by atoms with Gasteiger partial charge in [-0.15, -0.1) is 24.0 Å². The van der Waals surface area contributed by atoms with E-state index >= 15 is 0 Å². The molecule has 2 rings (SSSR count). The Morgan fingerprint density at radius 1 is 1.30 bits per heavy atom. The van der Waals surface area contributed by atoms with E-state index in [1.165, 1.54) is 18.2 Å². The average Bonchev–Trinajstić information content (AvgIpc) is 3.02. The summed E-state index contributed by atoms with van der Waals surface area (Å²) in [5, 5.41) is 3.45. The van der Waals surface area contributed by atoms with Crippen LogP contribution in [0.25, 0.3) is 0 Å². The number of aliphatic imine (C=N–C) groups is 1. The van der Waals surface area contributed by atoms with E-state index in [4.69, 9.17) is 0 Å². The summed E-state index contributed by atoms with van der Waals surface area (Å²) in [6, 6.07) is 10.6. The minimum Gasteiger partial charge on any atom is -0.356 e. The summed E-state index contributed by atoms with van der Waals surface area (Å²) in [6.45, 7) is 6.94. The normalized spacial score (nSPS) is 18.3.